The largest absolute Gasteiger partial charge is 0.481 e. The lowest BCUT2D eigenvalue weighted by molar-refractivity contribution is -0.136. The molecule has 0 fully saturated rings. The second-order valence-electron chi connectivity index (χ2n) is 3.05. The molecule has 70 valence electrons. The number of aryl methyl sites for hydroxylation is 1. The van der Waals surface area contributed by atoms with Crippen LogP contribution in [0.25, 0.3) is 0 Å². The van der Waals surface area contributed by atoms with E-state index >= 15 is 0 Å². The first kappa shape index (κ1) is 9.09. The second kappa shape index (κ2) is 3.72. The van der Waals surface area contributed by atoms with Crippen LogP contribution in [0.4, 0.5) is 0 Å². The maximum atomic E-state index is 10.4. The Kier molecular flexibility index (Phi) is 2.60. The van der Waals surface area contributed by atoms with E-state index in [0.29, 0.717) is 6.42 Å². The number of thiophene rings is 1. The van der Waals surface area contributed by atoms with Gasteiger partial charge in [0.1, 0.15) is 0 Å². The highest BCUT2D eigenvalue weighted by molar-refractivity contribution is 7.98. The Morgan fingerprint density at radius 1 is 1.54 bits per heavy atom. The lowest BCUT2D eigenvalue weighted by Gasteiger charge is -1.96. The van der Waals surface area contributed by atoms with E-state index in [0.717, 1.165) is 11.5 Å². The van der Waals surface area contributed by atoms with Crippen LogP contribution in [0.5, 0.6) is 0 Å². The Bertz CT molecular complexity index is 330. The molecule has 0 aromatic carbocycles. The summed E-state index contributed by atoms with van der Waals surface area (Å²) in [5.74, 6) is 1.49. The summed E-state index contributed by atoms with van der Waals surface area (Å²) in [5, 5.41) is 10.7. The highest BCUT2D eigenvalue weighted by atomic mass is 32.2. The molecular weight excluding hydrogens is 204 g/mol. The van der Waals surface area contributed by atoms with Gasteiger partial charge in [-0.3, -0.25) is 4.79 Å². The number of rotatable bonds is 3. The summed E-state index contributed by atoms with van der Waals surface area (Å²) in [4.78, 5) is 11.7. The summed E-state index contributed by atoms with van der Waals surface area (Å²) < 4.78 is 0. The molecule has 2 heterocycles. The Morgan fingerprint density at radius 2 is 2.38 bits per heavy atom. The predicted molar refractivity (Wildman–Crippen MR) is 55.3 cm³/mol. The monoisotopic (exact) mass is 214 g/mol. The topological polar surface area (TPSA) is 37.3 Å². The van der Waals surface area contributed by atoms with Crippen molar-refractivity contribution in [1.82, 2.24) is 0 Å². The fourth-order valence-corrected chi connectivity index (χ4v) is 3.87. The molecule has 0 spiro atoms. The third-order valence-electron chi connectivity index (χ3n) is 2.14. The number of carboxylic acids is 1. The highest BCUT2D eigenvalue weighted by Gasteiger charge is 2.17. The fourth-order valence-electron chi connectivity index (χ4n) is 1.45. The van der Waals surface area contributed by atoms with Gasteiger partial charge in [0, 0.05) is 16.4 Å². The first-order chi connectivity index (χ1) is 6.27. The van der Waals surface area contributed by atoms with Gasteiger partial charge in [-0.2, -0.15) is 11.8 Å². The van der Waals surface area contributed by atoms with Gasteiger partial charge >= 0.3 is 5.97 Å². The molecule has 0 saturated heterocycles. The first-order valence-electron chi connectivity index (χ1n) is 4.15. The zero-order valence-corrected chi connectivity index (χ0v) is 8.71. The van der Waals surface area contributed by atoms with Gasteiger partial charge in [0.2, 0.25) is 0 Å². The van der Waals surface area contributed by atoms with Crippen molar-refractivity contribution < 1.29 is 9.90 Å². The summed E-state index contributed by atoms with van der Waals surface area (Å²) in [6.45, 7) is 0. The van der Waals surface area contributed by atoms with Gasteiger partial charge < -0.3 is 5.11 Å². The van der Waals surface area contributed by atoms with Crippen molar-refractivity contribution in [3.8, 4) is 0 Å². The van der Waals surface area contributed by atoms with E-state index in [-0.39, 0.29) is 6.42 Å². The van der Waals surface area contributed by atoms with Crippen LogP contribution in [0.3, 0.4) is 0 Å². The van der Waals surface area contributed by atoms with Crippen LogP contribution in [0.2, 0.25) is 0 Å². The molecule has 2 rings (SSSR count). The van der Waals surface area contributed by atoms with Crippen LogP contribution in [-0.4, -0.2) is 11.1 Å². The average molecular weight is 214 g/mol. The molecule has 1 aromatic heterocycles. The van der Waals surface area contributed by atoms with Crippen molar-refractivity contribution in [3.05, 3.63) is 21.4 Å². The van der Waals surface area contributed by atoms with E-state index in [4.69, 9.17) is 5.11 Å². The van der Waals surface area contributed by atoms with Gasteiger partial charge in [-0.15, -0.1) is 11.3 Å². The van der Waals surface area contributed by atoms with Crippen molar-refractivity contribution in [2.24, 2.45) is 0 Å². The summed E-state index contributed by atoms with van der Waals surface area (Å²) in [7, 11) is 0. The molecule has 0 radical (unpaired) electrons. The molecule has 2 nitrogen and oxygen atoms in total. The van der Waals surface area contributed by atoms with Crippen molar-refractivity contribution >= 4 is 29.1 Å². The predicted octanol–water partition coefficient (Wildman–Crippen LogP) is 2.51. The molecule has 1 N–H and O–H groups in total. The molecule has 1 aliphatic rings. The number of hydrogen-bond acceptors (Lipinski definition) is 3. The van der Waals surface area contributed by atoms with E-state index in [1.807, 2.05) is 11.8 Å². The normalized spacial score (nSPS) is 14.5. The average Bonchev–Trinajstić information content (AvgIpc) is 2.60. The second-order valence-corrected chi connectivity index (χ2v) is 5.00. The van der Waals surface area contributed by atoms with Crippen LogP contribution in [0.15, 0.2) is 5.38 Å². The number of hydrogen-bond donors (Lipinski definition) is 1. The molecule has 0 bridgehead atoms. The quantitative estimate of drug-likeness (QED) is 0.840. The van der Waals surface area contributed by atoms with Crippen molar-refractivity contribution in [2.75, 3.05) is 0 Å². The zero-order chi connectivity index (χ0) is 9.26. The van der Waals surface area contributed by atoms with Crippen molar-refractivity contribution in [1.29, 1.82) is 0 Å². The van der Waals surface area contributed by atoms with Gasteiger partial charge in [-0.1, -0.05) is 0 Å². The van der Waals surface area contributed by atoms with Crippen LogP contribution in [0, 0.1) is 0 Å². The van der Waals surface area contributed by atoms with Crippen molar-refractivity contribution in [3.63, 3.8) is 0 Å². The molecule has 0 atom stereocenters. The molecule has 4 heteroatoms. The molecule has 0 unspecified atom stereocenters. The zero-order valence-electron chi connectivity index (χ0n) is 7.08. The highest BCUT2D eigenvalue weighted by Crippen LogP contribution is 2.36. The fraction of sp³-hybridized carbons (Fsp3) is 0.444. The van der Waals surface area contributed by atoms with Crippen molar-refractivity contribution in [2.45, 2.75) is 24.3 Å². The Balaban J connectivity index is 2.08. The molecule has 0 saturated carbocycles. The molecule has 0 aliphatic carbocycles. The Hall–Kier alpha value is -0.480. The number of thioether (sulfide) groups is 1. The van der Waals surface area contributed by atoms with Crippen LogP contribution >= 0.6 is 23.1 Å². The summed E-state index contributed by atoms with van der Waals surface area (Å²) in [5.41, 5.74) is 2.84. The molecule has 13 heavy (non-hydrogen) atoms. The van der Waals surface area contributed by atoms with Gasteiger partial charge in [0.15, 0.2) is 0 Å². The summed E-state index contributed by atoms with van der Waals surface area (Å²) in [6, 6.07) is 0. The Labute approximate surface area is 85.0 Å². The van der Waals surface area contributed by atoms with E-state index in [1.165, 1.54) is 16.0 Å². The van der Waals surface area contributed by atoms with Gasteiger partial charge in [-0.05, 0) is 22.9 Å². The third kappa shape index (κ3) is 1.89. The lowest BCUT2D eigenvalue weighted by Crippen LogP contribution is -1.97. The number of carbonyl (C=O) groups is 1. The minimum absolute atomic E-state index is 0.262. The van der Waals surface area contributed by atoms with Crippen LogP contribution in [-0.2, 0) is 22.7 Å². The van der Waals surface area contributed by atoms with E-state index in [1.54, 1.807) is 11.3 Å². The minimum Gasteiger partial charge on any atom is -0.481 e. The maximum absolute atomic E-state index is 10.4. The standard InChI is InChI=1S/C9H10O2S2/c10-9(11)2-1-8-7-5-12-3-6(7)4-13-8/h4H,1-3,5H2,(H,10,11). The summed E-state index contributed by atoms with van der Waals surface area (Å²) in [6.07, 6.45) is 0.966. The van der Waals surface area contributed by atoms with Gasteiger partial charge in [-0.25, -0.2) is 0 Å². The Morgan fingerprint density at radius 3 is 3.15 bits per heavy atom. The van der Waals surface area contributed by atoms with Gasteiger partial charge in [0.05, 0.1) is 6.42 Å². The molecular formula is C9H10O2S2. The third-order valence-corrected chi connectivity index (χ3v) is 4.28. The smallest absolute Gasteiger partial charge is 0.303 e. The summed E-state index contributed by atoms with van der Waals surface area (Å²) >= 11 is 3.63. The van der Waals surface area contributed by atoms with E-state index < -0.39 is 5.97 Å². The molecule has 1 aliphatic heterocycles. The number of aliphatic carboxylic acids is 1. The van der Waals surface area contributed by atoms with Crippen LogP contribution < -0.4 is 0 Å². The number of fused-ring (bicyclic) bond motifs is 1. The van der Waals surface area contributed by atoms with E-state index in [9.17, 15) is 4.79 Å². The first-order valence-corrected chi connectivity index (χ1v) is 6.18. The SMILES string of the molecule is O=C(O)CCc1scc2c1CSC2. The molecule has 1 aromatic rings. The minimum atomic E-state index is -0.701. The number of carboxylic acid groups (broad SMARTS) is 1. The maximum Gasteiger partial charge on any atom is 0.303 e. The van der Waals surface area contributed by atoms with Gasteiger partial charge in [0.25, 0.3) is 0 Å². The lowest BCUT2D eigenvalue weighted by atomic mass is 10.1. The van der Waals surface area contributed by atoms with Crippen LogP contribution in [0.1, 0.15) is 22.4 Å². The van der Waals surface area contributed by atoms with E-state index in [2.05, 4.69) is 5.38 Å². The molecule has 0 amide bonds.